The largest absolute Gasteiger partial charge is 0.412 e. The highest BCUT2D eigenvalue weighted by Gasteiger charge is 2.01. The Balaban J connectivity index is 0.00000961. The van der Waals surface area contributed by atoms with Crippen LogP contribution in [0.1, 0.15) is 135 Å². The minimum Gasteiger partial charge on any atom is -0.412 e. The molecule has 0 saturated heterocycles. The van der Waals surface area contributed by atoms with Crippen molar-refractivity contribution in [2.75, 3.05) is 19.6 Å². The predicted molar refractivity (Wildman–Crippen MR) is 145 cm³/mol. The lowest BCUT2D eigenvalue weighted by Gasteiger charge is -2.20. The van der Waals surface area contributed by atoms with Crippen molar-refractivity contribution in [2.24, 2.45) is 0 Å². The molecule has 0 aromatic heterocycles. The minimum absolute atomic E-state index is 0. The number of hydrogen-bond donors (Lipinski definition) is 0. The highest BCUT2D eigenvalue weighted by molar-refractivity contribution is 5.14. The molecule has 0 aliphatic rings. The van der Waals surface area contributed by atoms with Crippen molar-refractivity contribution in [2.45, 2.75) is 136 Å². The van der Waals surface area contributed by atoms with Gasteiger partial charge in [-0.15, -0.1) is 0 Å². The zero-order valence-corrected chi connectivity index (χ0v) is 21.9. The molecule has 0 aliphatic heterocycles. The second-order valence-electron chi connectivity index (χ2n) is 9.73. The average Bonchev–Trinajstić information content (AvgIpc) is 2.79. The first kappa shape index (κ1) is 31.1. The van der Waals surface area contributed by atoms with Crippen molar-refractivity contribution >= 4 is 0 Å². The molecule has 1 aromatic rings. The van der Waals surface area contributed by atoms with Crippen LogP contribution in [-0.4, -0.2) is 30.0 Å². The topological polar surface area (TPSA) is 34.7 Å². The molecule has 1 aromatic carbocycles. The summed E-state index contributed by atoms with van der Waals surface area (Å²) < 4.78 is 0. The first-order chi connectivity index (χ1) is 15.4. The number of rotatable bonds is 23. The molecule has 32 heavy (non-hydrogen) atoms. The van der Waals surface area contributed by atoms with E-state index in [1.807, 2.05) is 0 Å². The van der Waals surface area contributed by atoms with Gasteiger partial charge in [0.15, 0.2) is 0 Å². The fraction of sp³-hybridized carbons (Fsp3) is 0.800. The Morgan fingerprint density at radius 2 is 0.844 bits per heavy atom. The molecule has 1 rings (SSSR count). The van der Waals surface area contributed by atoms with Crippen LogP contribution < -0.4 is 0 Å². The average molecular weight is 448 g/mol. The molecule has 2 N–H and O–H groups in total. The summed E-state index contributed by atoms with van der Waals surface area (Å²) in [7, 11) is 0. The van der Waals surface area contributed by atoms with Crippen LogP contribution in [0.15, 0.2) is 30.3 Å². The highest BCUT2D eigenvalue weighted by Crippen LogP contribution is 2.14. The Kier molecular flexibility index (Phi) is 24.1. The third kappa shape index (κ3) is 19.8. The van der Waals surface area contributed by atoms with E-state index in [4.69, 9.17) is 0 Å². The third-order valence-electron chi connectivity index (χ3n) is 6.61. The Morgan fingerprint density at radius 1 is 0.469 bits per heavy atom. The van der Waals surface area contributed by atoms with Gasteiger partial charge < -0.3 is 10.4 Å². The van der Waals surface area contributed by atoms with Gasteiger partial charge in [0.25, 0.3) is 0 Å². The van der Waals surface area contributed by atoms with Gasteiger partial charge in [-0.25, -0.2) is 0 Å². The van der Waals surface area contributed by atoms with Crippen molar-refractivity contribution in [3.05, 3.63) is 35.9 Å². The molecule has 2 heteroatoms. The van der Waals surface area contributed by atoms with E-state index in [-0.39, 0.29) is 5.48 Å². The Morgan fingerprint density at radius 3 is 1.25 bits per heavy atom. The number of aryl methyl sites for hydroxylation is 1. The van der Waals surface area contributed by atoms with Crippen molar-refractivity contribution in [1.29, 1.82) is 0 Å². The van der Waals surface area contributed by atoms with Gasteiger partial charge in [0.05, 0.1) is 0 Å². The van der Waals surface area contributed by atoms with Gasteiger partial charge in [-0.05, 0) is 57.3 Å². The van der Waals surface area contributed by atoms with Crippen molar-refractivity contribution in [1.82, 2.24) is 4.90 Å². The summed E-state index contributed by atoms with van der Waals surface area (Å²) in [5.74, 6) is 0. The van der Waals surface area contributed by atoms with Gasteiger partial charge in [0, 0.05) is 0 Å². The van der Waals surface area contributed by atoms with Gasteiger partial charge in [0.2, 0.25) is 0 Å². The van der Waals surface area contributed by atoms with Gasteiger partial charge in [-0.2, -0.15) is 0 Å². The molecule has 0 fully saturated rings. The summed E-state index contributed by atoms with van der Waals surface area (Å²) in [5, 5.41) is 0. The van der Waals surface area contributed by atoms with Gasteiger partial charge in [-0.3, -0.25) is 0 Å². The van der Waals surface area contributed by atoms with Crippen molar-refractivity contribution < 1.29 is 5.48 Å². The maximum absolute atomic E-state index is 2.66. The van der Waals surface area contributed by atoms with Crippen LogP contribution in [0, 0.1) is 0 Å². The molecule has 0 amide bonds. The lowest BCUT2D eigenvalue weighted by Crippen LogP contribution is -2.26. The second kappa shape index (κ2) is 24.8. The predicted octanol–water partition coefficient (Wildman–Crippen LogP) is 8.77. The summed E-state index contributed by atoms with van der Waals surface area (Å²) in [6, 6.07) is 11.0. The van der Waals surface area contributed by atoms with E-state index in [0.29, 0.717) is 0 Å². The van der Waals surface area contributed by atoms with E-state index >= 15 is 0 Å². The van der Waals surface area contributed by atoms with Gasteiger partial charge in [-0.1, -0.05) is 134 Å². The molecule has 0 saturated carbocycles. The van der Waals surface area contributed by atoms with E-state index in [2.05, 4.69) is 49.1 Å². The second-order valence-corrected chi connectivity index (χ2v) is 9.73. The third-order valence-corrected chi connectivity index (χ3v) is 6.61. The maximum Gasteiger partial charge on any atom is -0.00187 e. The van der Waals surface area contributed by atoms with Crippen molar-refractivity contribution in [3.8, 4) is 0 Å². The molecule has 0 unspecified atom stereocenters. The molecular weight excluding hydrogens is 390 g/mol. The van der Waals surface area contributed by atoms with Crippen LogP contribution in [0.4, 0.5) is 0 Å². The lowest BCUT2D eigenvalue weighted by molar-refractivity contribution is 0.267. The number of unbranched alkanes of at least 4 members (excludes halogenated alkanes) is 15. The molecule has 0 atom stereocenters. The Hall–Kier alpha value is -0.860. The molecule has 0 aliphatic carbocycles. The smallest absolute Gasteiger partial charge is 0.00187 e. The molecular formula is C30H57NO. The van der Waals surface area contributed by atoms with E-state index in [1.54, 1.807) is 0 Å². The minimum atomic E-state index is 0. The fourth-order valence-electron chi connectivity index (χ4n) is 4.75. The van der Waals surface area contributed by atoms with E-state index in [1.165, 1.54) is 147 Å². The van der Waals surface area contributed by atoms with Crippen LogP contribution in [0.25, 0.3) is 0 Å². The molecule has 0 spiro atoms. The normalized spacial score (nSPS) is 11.1. The molecule has 0 heterocycles. The first-order valence-corrected chi connectivity index (χ1v) is 14.1. The molecule has 0 bridgehead atoms. The molecule has 2 nitrogen and oxygen atoms in total. The van der Waals surface area contributed by atoms with E-state index in [9.17, 15) is 0 Å². The summed E-state index contributed by atoms with van der Waals surface area (Å²) in [4.78, 5) is 2.66. The number of nitrogens with zero attached hydrogens (tertiary/aromatic N) is 1. The maximum atomic E-state index is 2.66. The SMILES string of the molecule is CCCN(CCC)CCCCCCCCCCCCCCCCCCc1ccccc1.O. The summed E-state index contributed by atoms with van der Waals surface area (Å²) in [6.45, 7) is 8.52. The summed E-state index contributed by atoms with van der Waals surface area (Å²) in [5.41, 5.74) is 1.50. The molecule has 0 radical (unpaired) electrons. The molecule has 188 valence electrons. The summed E-state index contributed by atoms with van der Waals surface area (Å²) >= 11 is 0. The first-order valence-electron chi connectivity index (χ1n) is 14.1. The van der Waals surface area contributed by atoms with Crippen LogP contribution in [0.2, 0.25) is 0 Å². The quantitative estimate of drug-likeness (QED) is 0.154. The highest BCUT2D eigenvalue weighted by atomic mass is 16.0. The monoisotopic (exact) mass is 447 g/mol. The number of hydrogen-bond acceptors (Lipinski definition) is 1. The standard InChI is InChI=1S/C30H55N.H2O/c1-3-27-31(28-4-2)29-23-18-16-14-12-10-8-6-5-7-9-11-13-15-17-20-24-30-25-21-19-22-26-30;/h19,21-22,25-26H,3-18,20,23-24,27-29H2,1-2H3;1H2. The van der Waals surface area contributed by atoms with Gasteiger partial charge in [0.1, 0.15) is 0 Å². The fourth-order valence-corrected chi connectivity index (χ4v) is 4.75. The zero-order valence-electron chi connectivity index (χ0n) is 21.9. The van der Waals surface area contributed by atoms with E-state index < -0.39 is 0 Å². The van der Waals surface area contributed by atoms with Crippen LogP contribution >= 0.6 is 0 Å². The summed E-state index contributed by atoms with van der Waals surface area (Å²) in [6.07, 6.45) is 27.0. The lowest BCUT2D eigenvalue weighted by atomic mass is 10.0. The van der Waals surface area contributed by atoms with E-state index in [0.717, 1.165) is 0 Å². The Labute approximate surface area is 201 Å². The Bertz CT molecular complexity index is 455. The van der Waals surface area contributed by atoms with Gasteiger partial charge >= 0.3 is 0 Å². The number of benzene rings is 1. The van der Waals surface area contributed by atoms with Crippen LogP contribution in [0.3, 0.4) is 0 Å². The zero-order chi connectivity index (χ0) is 22.2. The van der Waals surface area contributed by atoms with Crippen molar-refractivity contribution in [3.63, 3.8) is 0 Å². The van der Waals surface area contributed by atoms with Crippen LogP contribution in [-0.2, 0) is 6.42 Å². The van der Waals surface area contributed by atoms with Crippen LogP contribution in [0.5, 0.6) is 0 Å².